The molecule has 2 aromatic rings. The maximum atomic E-state index is 13.6. The molecule has 2 N–H and O–H groups in total. The van der Waals surface area contributed by atoms with Gasteiger partial charge in [0.05, 0.1) is 17.5 Å². The van der Waals surface area contributed by atoms with Gasteiger partial charge in [-0.1, -0.05) is 0 Å². The van der Waals surface area contributed by atoms with Crippen molar-refractivity contribution in [3.63, 3.8) is 0 Å². The lowest BCUT2D eigenvalue weighted by atomic mass is 9.92. The fraction of sp³-hybridized carbons (Fsp3) is 0.412. The quantitative estimate of drug-likeness (QED) is 0.908. The second kappa shape index (κ2) is 7.00. The first-order chi connectivity index (χ1) is 11.5. The monoisotopic (exact) mass is 332 g/mol. The van der Waals surface area contributed by atoms with Crippen molar-refractivity contribution in [3.05, 3.63) is 42.5 Å². The minimum atomic E-state index is -0.422. The largest absolute Gasteiger partial charge is 0.393 e. The highest BCUT2D eigenvalue weighted by Crippen LogP contribution is 2.24. The first kappa shape index (κ1) is 16.4. The third-order valence-electron chi connectivity index (χ3n) is 4.46. The summed E-state index contributed by atoms with van der Waals surface area (Å²) in [5.41, 5.74) is 0.981. The summed E-state index contributed by atoms with van der Waals surface area (Å²) in [6, 6.07) is 5.70. The van der Waals surface area contributed by atoms with Gasteiger partial charge in [-0.2, -0.15) is 5.10 Å². The summed E-state index contributed by atoms with van der Waals surface area (Å²) in [4.78, 5) is 14.2. The standard InChI is InChI=1S/C17H21FN4O2/c1-12(23)13-5-9-21(10-6-13)17(24)20-15-11-14(18)3-4-16(15)22-8-2-7-19-22/h2-4,7-8,11-13,23H,5-6,9-10H2,1H3,(H,20,24). The molecule has 1 unspecified atom stereocenters. The van der Waals surface area contributed by atoms with Crippen molar-refractivity contribution < 1.29 is 14.3 Å². The number of aliphatic hydroxyl groups is 1. The number of piperidine rings is 1. The molecule has 1 saturated heterocycles. The number of amides is 2. The Morgan fingerprint density at radius 2 is 2.17 bits per heavy atom. The minimum absolute atomic E-state index is 0.225. The summed E-state index contributed by atoms with van der Waals surface area (Å²) in [5.74, 6) is -0.197. The molecular weight excluding hydrogens is 311 g/mol. The summed E-state index contributed by atoms with van der Waals surface area (Å²) in [5, 5.41) is 16.5. The lowest BCUT2D eigenvalue weighted by Gasteiger charge is -2.33. The molecule has 2 amide bonds. The van der Waals surface area contributed by atoms with Crippen molar-refractivity contribution in [2.75, 3.05) is 18.4 Å². The lowest BCUT2D eigenvalue weighted by molar-refractivity contribution is 0.0820. The molecule has 1 atom stereocenters. The van der Waals surface area contributed by atoms with Crippen LogP contribution in [0.1, 0.15) is 19.8 Å². The van der Waals surface area contributed by atoms with Gasteiger partial charge in [0.25, 0.3) is 0 Å². The van der Waals surface area contributed by atoms with Gasteiger partial charge in [-0.15, -0.1) is 0 Å². The second-order valence-electron chi connectivity index (χ2n) is 6.11. The number of carbonyl (C=O) groups is 1. The van der Waals surface area contributed by atoms with Gasteiger partial charge >= 0.3 is 6.03 Å². The van der Waals surface area contributed by atoms with Crippen LogP contribution in [0.3, 0.4) is 0 Å². The molecule has 1 aromatic carbocycles. The predicted molar refractivity (Wildman–Crippen MR) is 88.5 cm³/mol. The van der Waals surface area contributed by atoms with Crippen molar-refractivity contribution in [3.8, 4) is 5.69 Å². The van der Waals surface area contributed by atoms with E-state index in [2.05, 4.69) is 10.4 Å². The smallest absolute Gasteiger partial charge is 0.321 e. The molecule has 0 aliphatic carbocycles. The van der Waals surface area contributed by atoms with Crippen LogP contribution >= 0.6 is 0 Å². The first-order valence-electron chi connectivity index (χ1n) is 8.08. The molecule has 1 fully saturated rings. The van der Waals surface area contributed by atoms with E-state index in [0.29, 0.717) is 24.5 Å². The van der Waals surface area contributed by atoms with Crippen LogP contribution in [-0.4, -0.2) is 45.0 Å². The summed E-state index contributed by atoms with van der Waals surface area (Å²) >= 11 is 0. The Morgan fingerprint density at radius 1 is 1.42 bits per heavy atom. The third kappa shape index (κ3) is 3.56. The molecule has 0 saturated carbocycles. The third-order valence-corrected chi connectivity index (χ3v) is 4.46. The number of anilines is 1. The number of hydrogen-bond donors (Lipinski definition) is 2. The van der Waals surface area contributed by atoms with Crippen LogP contribution < -0.4 is 5.32 Å². The maximum absolute atomic E-state index is 13.6. The van der Waals surface area contributed by atoms with Crippen LogP contribution in [-0.2, 0) is 0 Å². The molecule has 128 valence electrons. The van der Waals surface area contributed by atoms with Gasteiger partial charge in [-0.05, 0) is 49.9 Å². The molecule has 0 bridgehead atoms. The molecule has 1 aliphatic heterocycles. The van der Waals surface area contributed by atoms with E-state index in [9.17, 15) is 14.3 Å². The number of aromatic nitrogens is 2. The zero-order valence-corrected chi connectivity index (χ0v) is 13.5. The lowest BCUT2D eigenvalue weighted by Crippen LogP contribution is -2.43. The summed E-state index contributed by atoms with van der Waals surface area (Å²) < 4.78 is 15.2. The Kier molecular flexibility index (Phi) is 4.80. The van der Waals surface area contributed by atoms with Crippen LogP contribution in [0.2, 0.25) is 0 Å². The molecule has 2 heterocycles. The van der Waals surface area contributed by atoms with Crippen LogP contribution in [0.5, 0.6) is 0 Å². The average Bonchev–Trinajstić information content (AvgIpc) is 3.09. The fourth-order valence-electron chi connectivity index (χ4n) is 3.00. The van der Waals surface area contributed by atoms with E-state index in [1.54, 1.807) is 41.0 Å². The van der Waals surface area contributed by atoms with Crippen LogP contribution in [0, 0.1) is 11.7 Å². The van der Waals surface area contributed by atoms with Crippen molar-refractivity contribution in [2.24, 2.45) is 5.92 Å². The molecule has 24 heavy (non-hydrogen) atoms. The molecular formula is C17H21FN4O2. The second-order valence-corrected chi connectivity index (χ2v) is 6.11. The number of benzene rings is 1. The SMILES string of the molecule is CC(O)C1CCN(C(=O)Nc2cc(F)ccc2-n2cccn2)CC1. The van der Waals surface area contributed by atoms with Crippen molar-refractivity contribution >= 4 is 11.7 Å². The Morgan fingerprint density at radius 3 is 2.79 bits per heavy atom. The minimum Gasteiger partial charge on any atom is -0.393 e. The number of hydrogen-bond acceptors (Lipinski definition) is 3. The van der Waals surface area contributed by atoms with E-state index in [1.165, 1.54) is 12.1 Å². The highest BCUT2D eigenvalue weighted by molar-refractivity contribution is 5.91. The number of aliphatic hydroxyl groups excluding tert-OH is 1. The summed E-state index contributed by atoms with van der Waals surface area (Å²) in [6.45, 7) is 2.94. The van der Waals surface area contributed by atoms with Gasteiger partial charge in [0.2, 0.25) is 0 Å². The number of nitrogens with one attached hydrogen (secondary N) is 1. The molecule has 1 aromatic heterocycles. The summed E-state index contributed by atoms with van der Waals surface area (Å²) in [7, 11) is 0. The normalized spacial score (nSPS) is 16.9. The number of likely N-dealkylation sites (tertiary alicyclic amines) is 1. The fourth-order valence-corrected chi connectivity index (χ4v) is 3.00. The van der Waals surface area contributed by atoms with E-state index >= 15 is 0 Å². The Hall–Kier alpha value is -2.41. The maximum Gasteiger partial charge on any atom is 0.321 e. The van der Waals surface area contributed by atoms with E-state index in [0.717, 1.165) is 12.8 Å². The number of carbonyl (C=O) groups excluding carboxylic acids is 1. The van der Waals surface area contributed by atoms with Gasteiger partial charge in [-0.3, -0.25) is 0 Å². The topological polar surface area (TPSA) is 70.4 Å². The number of urea groups is 1. The van der Waals surface area contributed by atoms with E-state index < -0.39 is 5.82 Å². The zero-order chi connectivity index (χ0) is 17.1. The molecule has 7 heteroatoms. The van der Waals surface area contributed by atoms with Gasteiger partial charge in [0, 0.05) is 25.5 Å². The van der Waals surface area contributed by atoms with Gasteiger partial charge in [-0.25, -0.2) is 13.9 Å². The molecule has 6 nitrogen and oxygen atoms in total. The van der Waals surface area contributed by atoms with Crippen molar-refractivity contribution in [1.82, 2.24) is 14.7 Å². The van der Waals surface area contributed by atoms with Crippen molar-refractivity contribution in [2.45, 2.75) is 25.9 Å². The Bertz CT molecular complexity index is 695. The molecule has 1 aliphatic rings. The number of nitrogens with zero attached hydrogens (tertiary/aromatic N) is 3. The van der Waals surface area contributed by atoms with Crippen LogP contribution in [0.4, 0.5) is 14.9 Å². The van der Waals surface area contributed by atoms with E-state index in [1.807, 2.05) is 0 Å². The average molecular weight is 332 g/mol. The van der Waals surface area contributed by atoms with Gasteiger partial charge < -0.3 is 15.3 Å². The number of halogens is 1. The molecule has 0 radical (unpaired) electrons. The zero-order valence-electron chi connectivity index (χ0n) is 13.5. The highest BCUT2D eigenvalue weighted by atomic mass is 19.1. The Balaban J connectivity index is 1.72. The highest BCUT2D eigenvalue weighted by Gasteiger charge is 2.25. The molecule has 3 rings (SSSR count). The molecule has 0 spiro atoms. The van der Waals surface area contributed by atoms with Gasteiger partial charge in [0.15, 0.2) is 0 Å². The Labute approximate surface area is 139 Å². The van der Waals surface area contributed by atoms with E-state index in [4.69, 9.17) is 0 Å². The predicted octanol–water partition coefficient (Wildman–Crippen LogP) is 2.64. The summed E-state index contributed by atoms with van der Waals surface area (Å²) in [6.07, 6.45) is 4.53. The van der Waals surface area contributed by atoms with Crippen molar-refractivity contribution in [1.29, 1.82) is 0 Å². The first-order valence-corrected chi connectivity index (χ1v) is 8.08. The van der Waals surface area contributed by atoms with E-state index in [-0.39, 0.29) is 18.1 Å². The number of rotatable bonds is 3. The van der Waals surface area contributed by atoms with Crippen LogP contribution in [0.15, 0.2) is 36.7 Å². The van der Waals surface area contributed by atoms with Gasteiger partial charge in [0.1, 0.15) is 5.82 Å². The van der Waals surface area contributed by atoms with Crippen LogP contribution in [0.25, 0.3) is 5.69 Å².